The van der Waals surface area contributed by atoms with Gasteiger partial charge in [0.2, 0.25) is 0 Å². The molecule has 0 spiro atoms. The molecule has 9 heteroatoms. The molecule has 2 aromatic heterocycles. The highest BCUT2D eigenvalue weighted by atomic mass is 35.5. The molecule has 8 nitrogen and oxygen atoms in total. The zero-order valence-corrected chi connectivity index (χ0v) is 15.3. The average molecular weight is 377 g/mol. The number of rotatable bonds is 3. The van der Waals surface area contributed by atoms with Gasteiger partial charge < -0.3 is 15.5 Å². The van der Waals surface area contributed by atoms with Crippen molar-refractivity contribution in [3.63, 3.8) is 0 Å². The fraction of sp³-hybridized carbons (Fsp3) is 0.412. The van der Waals surface area contributed by atoms with E-state index < -0.39 is 0 Å². The van der Waals surface area contributed by atoms with Crippen molar-refractivity contribution in [2.75, 3.05) is 20.1 Å². The molecule has 4 heterocycles. The Morgan fingerprint density at radius 1 is 1.35 bits per heavy atom. The molecule has 2 aromatic rings. The molecule has 0 unspecified atom stereocenters. The van der Waals surface area contributed by atoms with E-state index in [9.17, 15) is 9.59 Å². The molecule has 138 valence electrons. The van der Waals surface area contributed by atoms with Crippen LogP contribution in [0.5, 0.6) is 0 Å². The summed E-state index contributed by atoms with van der Waals surface area (Å²) in [4.78, 5) is 30.6. The van der Waals surface area contributed by atoms with Gasteiger partial charge in [0.05, 0.1) is 6.54 Å². The SMILES string of the molecule is CN1CCn2nc(C(=O)NCc3cnc4c(c3)CNCC4)cc2C1=O.Cl. The summed E-state index contributed by atoms with van der Waals surface area (Å²) in [5.74, 6) is -0.391. The second kappa shape index (κ2) is 7.43. The fourth-order valence-electron chi connectivity index (χ4n) is 3.18. The molecule has 4 rings (SSSR count). The largest absolute Gasteiger partial charge is 0.347 e. The summed E-state index contributed by atoms with van der Waals surface area (Å²) >= 11 is 0. The monoisotopic (exact) mass is 376 g/mol. The topological polar surface area (TPSA) is 92.2 Å². The van der Waals surface area contributed by atoms with Crippen molar-refractivity contribution in [3.05, 3.63) is 46.5 Å². The van der Waals surface area contributed by atoms with Gasteiger partial charge >= 0.3 is 0 Å². The van der Waals surface area contributed by atoms with Gasteiger partial charge in [-0.1, -0.05) is 0 Å². The van der Waals surface area contributed by atoms with Gasteiger partial charge in [-0.05, 0) is 17.2 Å². The van der Waals surface area contributed by atoms with Gasteiger partial charge in [-0.2, -0.15) is 5.10 Å². The van der Waals surface area contributed by atoms with E-state index in [4.69, 9.17) is 0 Å². The van der Waals surface area contributed by atoms with Crippen LogP contribution in [0.15, 0.2) is 18.3 Å². The maximum atomic E-state index is 12.4. The molecule has 26 heavy (non-hydrogen) atoms. The number of likely N-dealkylation sites (N-methyl/N-ethyl adjacent to an activating group) is 1. The fourth-order valence-corrected chi connectivity index (χ4v) is 3.18. The van der Waals surface area contributed by atoms with Crippen molar-refractivity contribution in [3.8, 4) is 0 Å². The van der Waals surface area contributed by atoms with Gasteiger partial charge in [0, 0.05) is 57.6 Å². The van der Waals surface area contributed by atoms with Crippen molar-refractivity contribution >= 4 is 24.2 Å². The predicted molar refractivity (Wildman–Crippen MR) is 97.3 cm³/mol. The molecule has 2 aliphatic rings. The first-order chi connectivity index (χ1) is 12.1. The van der Waals surface area contributed by atoms with Gasteiger partial charge in [0.25, 0.3) is 11.8 Å². The zero-order chi connectivity index (χ0) is 17.4. The highest BCUT2D eigenvalue weighted by Gasteiger charge is 2.25. The van der Waals surface area contributed by atoms with Crippen LogP contribution in [-0.4, -0.2) is 51.6 Å². The van der Waals surface area contributed by atoms with E-state index in [2.05, 4.69) is 26.8 Å². The molecule has 0 saturated carbocycles. The minimum Gasteiger partial charge on any atom is -0.347 e. The Morgan fingerprint density at radius 2 is 2.19 bits per heavy atom. The number of carbonyl (C=O) groups is 2. The Kier molecular flexibility index (Phi) is 5.24. The molecule has 0 saturated heterocycles. The first-order valence-corrected chi connectivity index (χ1v) is 8.41. The van der Waals surface area contributed by atoms with E-state index in [0.717, 1.165) is 30.8 Å². The number of nitrogens with one attached hydrogen (secondary N) is 2. The van der Waals surface area contributed by atoms with E-state index in [0.29, 0.717) is 25.3 Å². The van der Waals surface area contributed by atoms with E-state index in [1.165, 1.54) is 5.56 Å². The van der Waals surface area contributed by atoms with Crippen molar-refractivity contribution in [1.29, 1.82) is 0 Å². The lowest BCUT2D eigenvalue weighted by atomic mass is 10.1. The van der Waals surface area contributed by atoms with Crippen LogP contribution in [0.1, 0.15) is 37.8 Å². The van der Waals surface area contributed by atoms with E-state index in [-0.39, 0.29) is 29.9 Å². The van der Waals surface area contributed by atoms with Gasteiger partial charge in [0.1, 0.15) is 5.69 Å². The summed E-state index contributed by atoms with van der Waals surface area (Å²) in [6, 6.07) is 3.63. The summed E-state index contributed by atoms with van der Waals surface area (Å²) in [6.45, 7) is 3.35. The highest BCUT2D eigenvalue weighted by Crippen LogP contribution is 2.14. The van der Waals surface area contributed by atoms with Crippen LogP contribution in [0, 0.1) is 0 Å². The molecular formula is C17H21ClN6O2. The number of pyridine rings is 1. The molecule has 2 amide bonds. The molecule has 0 radical (unpaired) electrons. The summed E-state index contributed by atoms with van der Waals surface area (Å²) in [5, 5.41) is 10.4. The van der Waals surface area contributed by atoms with Crippen LogP contribution in [0.3, 0.4) is 0 Å². The number of hydrogen-bond acceptors (Lipinski definition) is 5. The molecule has 2 aliphatic heterocycles. The van der Waals surface area contributed by atoms with Crippen molar-refractivity contribution in [2.45, 2.75) is 26.1 Å². The van der Waals surface area contributed by atoms with Crippen LogP contribution >= 0.6 is 12.4 Å². The Hall–Kier alpha value is -2.45. The summed E-state index contributed by atoms with van der Waals surface area (Å²) in [7, 11) is 1.75. The first-order valence-electron chi connectivity index (χ1n) is 8.41. The molecule has 0 fully saturated rings. The van der Waals surface area contributed by atoms with Crippen LogP contribution in [-0.2, 0) is 26.1 Å². The van der Waals surface area contributed by atoms with Crippen LogP contribution in [0.25, 0.3) is 0 Å². The molecule has 0 atom stereocenters. The van der Waals surface area contributed by atoms with Crippen molar-refractivity contribution in [2.24, 2.45) is 0 Å². The zero-order valence-electron chi connectivity index (χ0n) is 14.5. The number of fused-ring (bicyclic) bond motifs is 2. The van der Waals surface area contributed by atoms with Crippen molar-refractivity contribution < 1.29 is 9.59 Å². The third-order valence-corrected chi connectivity index (χ3v) is 4.65. The van der Waals surface area contributed by atoms with Crippen LogP contribution in [0.2, 0.25) is 0 Å². The lowest BCUT2D eigenvalue weighted by molar-refractivity contribution is 0.0742. The smallest absolute Gasteiger partial charge is 0.272 e. The second-order valence-electron chi connectivity index (χ2n) is 6.42. The summed E-state index contributed by atoms with van der Waals surface area (Å²) < 4.78 is 1.60. The highest BCUT2D eigenvalue weighted by molar-refractivity contribution is 5.98. The maximum Gasteiger partial charge on any atom is 0.272 e. The molecule has 0 aromatic carbocycles. The third kappa shape index (κ3) is 3.42. The molecular weight excluding hydrogens is 356 g/mol. The average Bonchev–Trinajstić information content (AvgIpc) is 3.08. The Balaban J connectivity index is 0.00000196. The minimum absolute atomic E-state index is 0. The van der Waals surface area contributed by atoms with E-state index in [1.807, 2.05) is 0 Å². The van der Waals surface area contributed by atoms with Crippen molar-refractivity contribution in [1.82, 2.24) is 30.3 Å². The third-order valence-electron chi connectivity index (χ3n) is 4.65. The van der Waals surface area contributed by atoms with E-state index in [1.54, 1.807) is 28.9 Å². The molecule has 0 bridgehead atoms. The van der Waals surface area contributed by atoms with Gasteiger partial charge in [-0.15, -0.1) is 12.4 Å². The van der Waals surface area contributed by atoms with E-state index >= 15 is 0 Å². The van der Waals surface area contributed by atoms with Crippen LogP contribution in [0.4, 0.5) is 0 Å². The van der Waals surface area contributed by atoms with Crippen LogP contribution < -0.4 is 10.6 Å². The predicted octanol–water partition coefficient (Wildman–Crippen LogP) is 0.361. The standard InChI is InChI=1S/C17H20N6O2.ClH/c1-22-4-5-23-15(17(22)25)7-14(21-23)16(24)20-9-11-6-12-10-18-3-2-13(12)19-8-11;/h6-8,18H,2-5,9-10H2,1H3,(H,20,24);1H. The Labute approximate surface area is 157 Å². The number of aromatic nitrogens is 3. The molecule has 0 aliphatic carbocycles. The number of hydrogen-bond donors (Lipinski definition) is 2. The van der Waals surface area contributed by atoms with Gasteiger partial charge in [-0.3, -0.25) is 19.3 Å². The lowest BCUT2D eigenvalue weighted by Gasteiger charge is -2.22. The summed E-state index contributed by atoms with van der Waals surface area (Å²) in [6.07, 6.45) is 2.74. The maximum absolute atomic E-state index is 12.4. The van der Waals surface area contributed by atoms with Gasteiger partial charge in [0.15, 0.2) is 5.69 Å². The van der Waals surface area contributed by atoms with Gasteiger partial charge in [-0.25, -0.2) is 0 Å². The Morgan fingerprint density at radius 3 is 3.04 bits per heavy atom. The number of carbonyl (C=O) groups excluding carboxylic acids is 2. The minimum atomic E-state index is -0.284. The Bertz CT molecular complexity index is 850. The quantitative estimate of drug-likeness (QED) is 0.807. The second-order valence-corrected chi connectivity index (χ2v) is 6.42. The summed E-state index contributed by atoms with van der Waals surface area (Å²) in [5.41, 5.74) is 3.99. The number of nitrogens with zero attached hydrogens (tertiary/aromatic N) is 4. The number of amides is 2. The molecule has 2 N–H and O–H groups in total. The number of halogens is 1. The first kappa shape index (κ1) is 18.3. The normalized spacial score (nSPS) is 15.7. The lowest BCUT2D eigenvalue weighted by Crippen LogP contribution is -2.37.